The van der Waals surface area contributed by atoms with Gasteiger partial charge in [-0.3, -0.25) is 4.79 Å². The number of fused-ring (bicyclic) bond motifs is 3. The van der Waals surface area contributed by atoms with Crippen LogP contribution in [0.3, 0.4) is 0 Å². The summed E-state index contributed by atoms with van der Waals surface area (Å²) in [5, 5.41) is 13.2. The first-order chi connectivity index (χ1) is 13.0. The minimum atomic E-state index is -0.464. The summed E-state index contributed by atoms with van der Waals surface area (Å²) in [5.41, 5.74) is 4.82. The van der Waals surface area contributed by atoms with Gasteiger partial charge in [0, 0.05) is 40.5 Å². The number of carbonyl (C=O) groups excluding carboxylic acids is 1. The van der Waals surface area contributed by atoms with Crippen molar-refractivity contribution in [1.29, 1.82) is 0 Å². The van der Waals surface area contributed by atoms with Gasteiger partial charge >= 0.3 is 0 Å². The third-order valence-corrected chi connectivity index (χ3v) is 6.44. The molecule has 1 heterocycles. The van der Waals surface area contributed by atoms with E-state index in [0.29, 0.717) is 18.7 Å². The highest BCUT2D eigenvalue weighted by molar-refractivity contribution is 8.03. The van der Waals surface area contributed by atoms with Gasteiger partial charge in [0.15, 0.2) is 5.78 Å². The highest BCUT2D eigenvalue weighted by Gasteiger charge is 2.16. The molecular weight excluding hydrogens is 354 g/mol. The van der Waals surface area contributed by atoms with Crippen molar-refractivity contribution in [2.75, 3.05) is 5.75 Å². The average Bonchev–Trinajstić information content (AvgIpc) is 2.92. The SMILES string of the molecule is Cc1ccc2c(c1)c1cc(C)ccc1n2CC(O)CSC1=CC(=O)CCC1. The second-order valence-corrected chi connectivity index (χ2v) is 8.69. The third-order valence-electron chi connectivity index (χ3n) is 5.20. The average molecular weight is 380 g/mol. The molecule has 0 spiro atoms. The largest absolute Gasteiger partial charge is 0.390 e. The number of aryl methyl sites for hydroxylation is 2. The minimum absolute atomic E-state index is 0.214. The summed E-state index contributed by atoms with van der Waals surface area (Å²) in [6.45, 7) is 4.78. The number of hydrogen-bond donors (Lipinski definition) is 1. The van der Waals surface area contributed by atoms with Crippen LogP contribution in [0.15, 0.2) is 47.4 Å². The van der Waals surface area contributed by atoms with E-state index in [-0.39, 0.29) is 5.78 Å². The Balaban J connectivity index is 1.61. The van der Waals surface area contributed by atoms with Crippen molar-refractivity contribution in [3.63, 3.8) is 0 Å². The van der Waals surface area contributed by atoms with Crippen LogP contribution in [0.1, 0.15) is 30.4 Å². The molecule has 1 aromatic heterocycles. The van der Waals surface area contributed by atoms with Gasteiger partial charge in [0.1, 0.15) is 0 Å². The number of aromatic nitrogens is 1. The maximum absolute atomic E-state index is 11.6. The van der Waals surface area contributed by atoms with E-state index in [1.54, 1.807) is 17.8 Å². The lowest BCUT2D eigenvalue weighted by atomic mass is 10.1. The fourth-order valence-corrected chi connectivity index (χ4v) is 4.89. The number of carbonyl (C=O) groups is 1. The number of aliphatic hydroxyl groups excluding tert-OH is 1. The molecule has 1 N–H and O–H groups in total. The van der Waals surface area contributed by atoms with Crippen LogP contribution in [0.4, 0.5) is 0 Å². The quantitative estimate of drug-likeness (QED) is 0.667. The summed E-state index contributed by atoms with van der Waals surface area (Å²) < 4.78 is 2.23. The first-order valence-electron chi connectivity index (χ1n) is 9.55. The topological polar surface area (TPSA) is 42.2 Å². The smallest absolute Gasteiger partial charge is 0.156 e. The fraction of sp³-hybridized carbons (Fsp3) is 0.348. The summed E-state index contributed by atoms with van der Waals surface area (Å²) in [7, 11) is 0. The molecule has 4 heteroatoms. The van der Waals surface area contributed by atoms with Gasteiger partial charge < -0.3 is 9.67 Å². The van der Waals surface area contributed by atoms with Crippen LogP contribution in [0.25, 0.3) is 21.8 Å². The Morgan fingerprint density at radius 1 is 1.04 bits per heavy atom. The molecule has 1 atom stereocenters. The van der Waals surface area contributed by atoms with Gasteiger partial charge in [-0.05, 0) is 61.9 Å². The lowest BCUT2D eigenvalue weighted by Gasteiger charge is -2.16. The van der Waals surface area contributed by atoms with Gasteiger partial charge in [-0.1, -0.05) is 23.3 Å². The molecule has 1 unspecified atom stereocenters. The number of nitrogens with zero attached hydrogens (tertiary/aromatic N) is 1. The maximum Gasteiger partial charge on any atom is 0.156 e. The van der Waals surface area contributed by atoms with Crippen molar-refractivity contribution in [2.24, 2.45) is 0 Å². The Bertz CT molecular complexity index is 988. The van der Waals surface area contributed by atoms with Gasteiger partial charge in [-0.15, -0.1) is 11.8 Å². The van der Waals surface area contributed by atoms with Crippen molar-refractivity contribution < 1.29 is 9.90 Å². The predicted molar refractivity (Wildman–Crippen MR) is 114 cm³/mol. The number of aliphatic hydroxyl groups is 1. The molecule has 0 fully saturated rings. The van der Waals surface area contributed by atoms with Crippen LogP contribution in [0.2, 0.25) is 0 Å². The van der Waals surface area contributed by atoms with Crippen LogP contribution in [0.5, 0.6) is 0 Å². The molecule has 0 aliphatic heterocycles. The Kier molecular flexibility index (Phi) is 5.11. The van der Waals surface area contributed by atoms with Crippen molar-refractivity contribution in [1.82, 2.24) is 4.57 Å². The molecule has 4 rings (SSSR count). The molecule has 0 amide bonds. The van der Waals surface area contributed by atoms with Crippen LogP contribution >= 0.6 is 11.8 Å². The third kappa shape index (κ3) is 3.83. The molecule has 0 saturated carbocycles. The standard InChI is InChI=1S/C23H25NO2S/c1-15-6-8-22-20(10-15)21-11-16(2)7-9-23(21)24(22)13-18(26)14-27-19-5-3-4-17(25)12-19/h6-12,18,26H,3-5,13-14H2,1-2H3. The van der Waals surface area contributed by atoms with E-state index in [9.17, 15) is 9.90 Å². The molecule has 1 aliphatic rings. The number of rotatable bonds is 5. The normalized spacial score (nSPS) is 16.1. The van der Waals surface area contributed by atoms with E-state index >= 15 is 0 Å². The summed E-state index contributed by atoms with van der Waals surface area (Å²) in [4.78, 5) is 12.7. The number of hydrogen-bond acceptors (Lipinski definition) is 3. The van der Waals surface area contributed by atoms with Gasteiger partial charge in [-0.25, -0.2) is 0 Å². The molecule has 2 aromatic carbocycles. The lowest BCUT2D eigenvalue weighted by Crippen LogP contribution is -2.18. The summed E-state index contributed by atoms with van der Waals surface area (Å²) in [6.07, 6.45) is 3.84. The first kappa shape index (κ1) is 18.3. The van der Waals surface area contributed by atoms with Gasteiger partial charge in [-0.2, -0.15) is 0 Å². The minimum Gasteiger partial charge on any atom is -0.390 e. The van der Waals surface area contributed by atoms with Crippen LogP contribution < -0.4 is 0 Å². The van der Waals surface area contributed by atoms with E-state index in [1.807, 2.05) is 0 Å². The van der Waals surface area contributed by atoms with Crippen molar-refractivity contribution in [3.05, 3.63) is 58.5 Å². The van der Waals surface area contributed by atoms with Gasteiger partial charge in [0.25, 0.3) is 0 Å². The number of thioether (sulfide) groups is 1. The zero-order chi connectivity index (χ0) is 19.0. The van der Waals surface area contributed by atoms with Crippen molar-refractivity contribution in [3.8, 4) is 0 Å². The van der Waals surface area contributed by atoms with Crippen LogP contribution in [-0.2, 0) is 11.3 Å². The van der Waals surface area contributed by atoms with Gasteiger partial charge in [0.2, 0.25) is 0 Å². The van der Waals surface area contributed by atoms with E-state index in [4.69, 9.17) is 0 Å². The molecule has 3 nitrogen and oxygen atoms in total. The molecule has 0 bridgehead atoms. The molecular formula is C23H25NO2S. The molecule has 3 aromatic rings. The van der Waals surface area contributed by atoms with E-state index in [2.05, 4.69) is 54.8 Å². The van der Waals surface area contributed by atoms with E-state index in [0.717, 1.165) is 28.8 Å². The highest BCUT2D eigenvalue weighted by Crippen LogP contribution is 2.32. The first-order valence-corrected chi connectivity index (χ1v) is 10.5. The number of benzene rings is 2. The van der Waals surface area contributed by atoms with Crippen molar-refractivity contribution in [2.45, 2.75) is 45.8 Å². The number of ketones is 1. The fourth-order valence-electron chi connectivity index (χ4n) is 3.87. The molecule has 27 heavy (non-hydrogen) atoms. The molecule has 0 saturated heterocycles. The second kappa shape index (κ2) is 7.53. The van der Waals surface area contributed by atoms with Crippen molar-refractivity contribution >= 4 is 39.4 Å². The van der Waals surface area contributed by atoms with Crippen LogP contribution in [0, 0.1) is 13.8 Å². The molecule has 140 valence electrons. The monoisotopic (exact) mass is 379 g/mol. The molecule has 1 aliphatic carbocycles. The number of allylic oxidation sites excluding steroid dienone is 2. The Hall–Kier alpha value is -2.04. The lowest BCUT2D eigenvalue weighted by molar-refractivity contribution is -0.115. The highest BCUT2D eigenvalue weighted by atomic mass is 32.2. The summed E-state index contributed by atoms with van der Waals surface area (Å²) >= 11 is 1.62. The Labute approximate surface area is 164 Å². The predicted octanol–water partition coefficient (Wildman–Crippen LogP) is 5.14. The second-order valence-electron chi connectivity index (χ2n) is 7.55. The van der Waals surface area contributed by atoms with E-state index in [1.165, 1.54) is 21.9 Å². The summed E-state index contributed by atoms with van der Waals surface area (Å²) in [6, 6.07) is 13.0. The summed E-state index contributed by atoms with van der Waals surface area (Å²) in [5.74, 6) is 0.823. The van der Waals surface area contributed by atoms with E-state index < -0.39 is 6.10 Å². The van der Waals surface area contributed by atoms with Gasteiger partial charge in [0.05, 0.1) is 6.10 Å². The Morgan fingerprint density at radius 2 is 1.67 bits per heavy atom. The Morgan fingerprint density at radius 3 is 2.26 bits per heavy atom. The zero-order valence-corrected chi connectivity index (χ0v) is 16.7. The zero-order valence-electron chi connectivity index (χ0n) is 15.9. The molecule has 0 radical (unpaired) electrons. The van der Waals surface area contributed by atoms with Crippen LogP contribution in [-0.4, -0.2) is 27.3 Å². The maximum atomic E-state index is 11.6.